The minimum absolute atomic E-state index is 1.01. The van der Waals surface area contributed by atoms with Crippen molar-refractivity contribution in [3.63, 3.8) is 0 Å². The first-order chi connectivity index (χ1) is 5.18. The van der Waals surface area contributed by atoms with E-state index in [1.54, 1.807) is 11.3 Å². The highest BCUT2D eigenvalue weighted by molar-refractivity contribution is 7.18. The molecule has 0 spiro atoms. The summed E-state index contributed by atoms with van der Waals surface area (Å²) in [7, 11) is 0. The average Bonchev–Trinajstić information content (AvgIpc) is 2.37. The minimum Gasteiger partial charge on any atom is -0.451 e. The third kappa shape index (κ3) is 0.897. The van der Waals surface area contributed by atoms with E-state index in [0.717, 1.165) is 10.7 Å². The van der Waals surface area contributed by atoms with Crippen LogP contribution in [0.2, 0.25) is 0 Å². The first kappa shape index (κ1) is 6.92. The van der Waals surface area contributed by atoms with Crippen LogP contribution in [-0.4, -0.2) is 0 Å². The van der Waals surface area contributed by atoms with Crippen LogP contribution in [0, 0.1) is 20.8 Å². The molecular formula is C9H10OS. The quantitative estimate of drug-likeness (QED) is 0.584. The molecule has 2 heterocycles. The van der Waals surface area contributed by atoms with Crippen molar-refractivity contribution in [3.8, 4) is 0 Å². The standard InChI is InChI=1S/C9H10OS/c1-5-4-8-6(2)7(3)11-9(8)10-5/h4H,1-3H3. The van der Waals surface area contributed by atoms with Crippen molar-refractivity contribution in [1.82, 2.24) is 0 Å². The summed E-state index contributed by atoms with van der Waals surface area (Å²) < 4.78 is 5.49. The number of rotatable bonds is 0. The molecule has 2 aromatic heterocycles. The summed E-state index contributed by atoms with van der Waals surface area (Å²) in [4.78, 5) is 2.43. The maximum absolute atomic E-state index is 5.49. The number of fused-ring (bicyclic) bond motifs is 1. The summed E-state index contributed by atoms with van der Waals surface area (Å²) >= 11 is 1.73. The topological polar surface area (TPSA) is 13.1 Å². The third-order valence-electron chi connectivity index (χ3n) is 2.00. The summed E-state index contributed by atoms with van der Waals surface area (Å²) in [5.74, 6) is 1.01. The van der Waals surface area contributed by atoms with E-state index in [9.17, 15) is 0 Å². The number of thiophene rings is 1. The lowest BCUT2D eigenvalue weighted by molar-refractivity contribution is 0.585. The molecule has 0 saturated carbocycles. The molecule has 0 aliphatic rings. The second-order valence-electron chi connectivity index (χ2n) is 2.84. The van der Waals surface area contributed by atoms with Gasteiger partial charge in [-0.05, 0) is 32.4 Å². The van der Waals surface area contributed by atoms with E-state index in [4.69, 9.17) is 4.42 Å². The number of hydrogen-bond acceptors (Lipinski definition) is 2. The lowest BCUT2D eigenvalue weighted by Gasteiger charge is -1.84. The van der Waals surface area contributed by atoms with Crippen molar-refractivity contribution in [2.24, 2.45) is 0 Å². The molecule has 2 aromatic rings. The smallest absolute Gasteiger partial charge is 0.188 e. The molecule has 11 heavy (non-hydrogen) atoms. The Morgan fingerprint density at radius 3 is 2.64 bits per heavy atom. The summed E-state index contributed by atoms with van der Waals surface area (Å²) in [6.07, 6.45) is 0. The molecule has 0 fully saturated rings. The Morgan fingerprint density at radius 1 is 1.27 bits per heavy atom. The van der Waals surface area contributed by atoms with Gasteiger partial charge in [-0.25, -0.2) is 0 Å². The number of hydrogen-bond donors (Lipinski definition) is 0. The Balaban J connectivity index is 2.88. The van der Waals surface area contributed by atoms with E-state index in [2.05, 4.69) is 19.9 Å². The highest BCUT2D eigenvalue weighted by Crippen LogP contribution is 2.32. The van der Waals surface area contributed by atoms with E-state index in [-0.39, 0.29) is 0 Å². The van der Waals surface area contributed by atoms with Gasteiger partial charge in [-0.2, -0.15) is 0 Å². The maximum Gasteiger partial charge on any atom is 0.188 e. The number of aryl methyl sites for hydroxylation is 3. The Labute approximate surface area is 69.6 Å². The van der Waals surface area contributed by atoms with Crippen LogP contribution in [0.5, 0.6) is 0 Å². The van der Waals surface area contributed by atoms with Gasteiger partial charge in [0, 0.05) is 10.3 Å². The summed E-state index contributed by atoms with van der Waals surface area (Å²) in [6.45, 7) is 6.26. The van der Waals surface area contributed by atoms with Crippen LogP contribution in [0.4, 0.5) is 0 Å². The zero-order chi connectivity index (χ0) is 8.01. The van der Waals surface area contributed by atoms with E-state index in [1.165, 1.54) is 15.8 Å². The molecule has 2 heteroatoms. The van der Waals surface area contributed by atoms with Gasteiger partial charge in [-0.3, -0.25) is 0 Å². The first-order valence-electron chi connectivity index (χ1n) is 3.64. The largest absolute Gasteiger partial charge is 0.451 e. The van der Waals surface area contributed by atoms with Crippen LogP contribution in [0.3, 0.4) is 0 Å². The molecule has 0 radical (unpaired) electrons. The first-order valence-corrected chi connectivity index (χ1v) is 4.46. The van der Waals surface area contributed by atoms with Gasteiger partial charge in [0.15, 0.2) is 4.90 Å². The molecule has 0 aromatic carbocycles. The van der Waals surface area contributed by atoms with Crippen molar-refractivity contribution in [2.45, 2.75) is 20.8 Å². The molecule has 0 aliphatic heterocycles. The molecule has 0 amide bonds. The second kappa shape index (κ2) is 2.11. The van der Waals surface area contributed by atoms with Crippen molar-refractivity contribution in [2.75, 3.05) is 0 Å². The summed E-state index contributed by atoms with van der Waals surface area (Å²) in [5.41, 5.74) is 1.36. The minimum atomic E-state index is 1.01. The Morgan fingerprint density at radius 2 is 2.00 bits per heavy atom. The van der Waals surface area contributed by atoms with Crippen LogP contribution in [0.1, 0.15) is 16.2 Å². The lowest BCUT2D eigenvalue weighted by Crippen LogP contribution is -1.66. The normalized spacial score (nSPS) is 11.2. The van der Waals surface area contributed by atoms with Gasteiger partial charge in [-0.1, -0.05) is 0 Å². The molecule has 0 saturated heterocycles. The molecule has 0 unspecified atom stereocenters. The van der Waals surface area contributed by atoms with Gasteiger partial charge in [0.2, 0.25) is 0 Å². The van der Waals surface area contributed by atoms with Crippen LogP contribution < -0.4 is 0 Å². The van der Waals surface area contributed by atoms with Gasteiger partial charge in [0.1, 0.15) is 5.76 Å². The van der Waals surface area contributed by atoms with Crippen LogP contribution in [0.25, 0.3) is 10.3 Å². The van der Waals surface area contributed by atoms with Crippen molar-refractivity contribution in [1.29, 1.82) is 0 Å². The SMILES string of the molecule is Cc1cc2c(C)c(C)sc2o1. The monoisotopic (exact) mass is 166 g/mol. The lowest BCUT2D eigenvalue weighted by atomic mass is 10.2. The van der Waals surface area contributed by atoms with Crippen LogP contribution in [-0.2, 0) is 0 Å². The maximum atomic E-state index is 5.49. The van der Waals surface area contributed by atoms with Crippen LogP contribution in [0.15, 0.2) is 10.5 Å². The third-order valence-corrected chi connectivity index (χ3v) is 3.10. The fourth-order valence-corrected chi connectivity index (χ4v) is 2.27. The van der Waals surface area contributed by atoms with Gasteiger partial charge >= 0.3 is 0 Å². The molecule has 0 aliphatic carbocycles. The van der Waals surface area contributed by atoms with Crippen LogP contribution >= 0.6 is 11.3 Å². The van der Waals surface area contributed by atoms with Crippen molar-refractivity contribution >= 4 is 21.6 Å². The van der Waals surface area contributed by atoms with Crippen molar-refractivity contribution < 1.29 is 4.42 Å². The zero-order valence-electron chi connectivity index (χ0n) is 6.89. The summed E-state index contributed by atoms with van der Waals surface area (Å²) in [6, 6.07) is 2.11. The molecule has 58 valence electrons. The Kier molecular flexibility index (Phi) is 1.33. The molecule has 2 rings (SSSR count). The van der Waals surface area contributed by atoms with E-state index < -0.39 is 0 Å². The summed E-state index contributed by atoms with van der Waals surface area (Å²) in [5, 5.41) is 1.28. The van der Waals surface area contributed by atoms with Crippen molar-refractivity contribution in [3.05, 3.63) is 22.3 Å². The predicted octanol–water partition coefficient (Wildman–Crippen LogP) is 3.42. The molecular weight excluding hydrogens is 156 g/mol. The highest BCUT2D eigenvalue weighted by atomic mass is 32.1. The van der Waals surface area contributed by atoms with E-state index in [0.29, 0.717) is 0 Å². The molecule has 1 nitrogen and oxygen atoms in total. The molecule has 0 bridgehead atoms. The zero-order valence-corrected chi connectivity index (χ0v) is 7.71. The van der Waals surface area contributed by atoms with Gasteiger partial charge in [0.05, 0.1) is 0 Å². The second-order valence-corrected chi connectivity index (χ2v) is 4.03. The fourth-order valence-electron chi connectivity index (χ4n) is 1.24. The van der Waals surface area contributed by atoms with E-state index >= 15 is 0 Å². The molecule has 0 N–H and O–H groups in total. The van der Waals surface area contributed by atoms with Gasteiger partial charge in [-0.15, -0.1) is 11.3 Å². The molecule has 0 atom stereocenters. The highest BCUT2D eigenvalue weighted by Gasteiger charge is 2.08. The fraction of sp³-hybridized carbons (Fsp3) is 0.333. The van der Waals surface area contributed by atoms with Gasteiger partial charge < -0.3 is 4.42 Å². The average molecular weight is 166 g/mol. The predicted molar refractivity (Wildman–Crippen MR) is 48.3 cm³/mol. The van der Waals surface area contributed by atoms with E-state index in [1.807, 2.05) is 6.92 Å². The number of furan rings is 1. The van der Waals surface area contributed by atoms with Gasteiger partial charge in [0.25, 0.3) is 0 Å². The Hall–Kier alpha value is -0.760. The Bertz CT molecular complexity index is 395.